The highest BCUT2D eigenvalue weighted by atomic mass is 35.5. The highest BCUT2D eigenvalue weighted by molar-refractivity contribution is 6.46. The molecule has 1 saturated heterocycles. The Hall–Kier alpha value is -2.83. The first-order chi connectivity index (χ1) is 15.5. The summed E-state index contributed by atoms with van der Waals surface area (Å²) in [6.07, 6.45) is 0. The fourth-order valence-electron chi connectivity index (χ4n) is 4.01. The third kappa shape index (κ3) is 5.07. The van der Waals surface area contributed by atoms with Crippen LogP contribution in [0.1, 0.15) is 43.5 Å². The SMILES string of the molecule is COc1ccc(/C(O)=C2/C(=O)C(=O)N(CCN(C)C)C2c2ccc(Cl)cc2)cc1C(C)(C)C. The number of hydrogen-bond donors (Lipinski definition) is 1. The molecule has 0 aliphatic carbocycles. The summed E-state index contributed by atoms with van der Waals surface area (Å²) in [4.78, 5) is 29.6. The maximum atomic E-state index is 13.2. The number of likely N-dealkylation sites (tertiary alicyclic amines) is 1. The fraction of sp³-hybridized carbons (Fsp3) is 0.385. The molecule has 1 unspecified atom stereocenters. The van der Waals surface area contributed by atoms with E-state index in [1.54, 1.807) is 43.5 Å². The van der Waals surface area contributed by atoms with Gasteiger partial charge >= 0.3 is 0 Å². The zero-order chi connectivity index (χ0) is 24.5. The number of aliphatic hydroxyl groups is 1. The summed E-state index contributed by atoms with van der Waals surface area (Å²) in [6.45, 7) is 7.05. The van der Waals surface area contributed by atoms with E-state index in [0.29, 0.717) is 35.0 Å². The van der Waals surface area contributed by atoms with E-state index in [9.17, 15) is 14.7 Å². The molecule has 0 aromatic heterocycles. The molecule has 0 saturated carbocycles. The van der Waals surface area contributed by atoms with Crippen LogP contribution in [0, 0.1) is 0 Å². The number of nitrogens with zero attached hydrogens (tertiary/aromatic N) is 2. The van der Waals surface area contributed by atoms with Crippen molar-refractivity contribution < 1.29 is 19.4 Å². The number of halogens is 1. The minimum atomic E-state index is -0.706. The molecule has 0 spiro atoms. The molecule has 33 heavy (non-hydrogen) atoms. The van der Waals surface area contributed by atoms with Crippen LogP contribution in [0.25, 0.3) is 5.76 Å². The lowest BCUT2D eigenvalue weighted by Gasteiger charge is -2.27. The number of amides is 1. The van der Waals surface area contributed by atoms with Crippen LogP contribution in [0.3, 0.4) is 0 Å². The van der Waals surface area contributed by atoms with Crippen molar-refractivity contribution >= 4 is 29.1 Å². The third-order valence-electron chi connectivity index (χ3n) is 5.79. The molecule has 1 amide bonds. The van der Waals surface area contributed by atoms with E-state index in [-0.39, 0.29) is 16.7 Å². The van der Waals surface area contributed by atoms with E-state index in [1.807, 2.05) is 45.8 Å². The smallest absolute Gasteiger partial charge is 0.295 e. The first kappa shape index (κ1) is 24.8. The number of ketones is 1. The van der Waals surface area contributed by atoms with Crippen LogP contribution in [0.15, 0.2) is 48.0 Å². The summed E-state index contributed by atoms with van der Waals surface area (Å²) < 4.78 is 5.50. The van der Waals surface area contributed by atoms with Gasteiger partial charge in [0.1, 0.15) is 11.5 Å². The molecule has 1 fully saturated rings. The molecule has 1 aliphatic heterocycles. The Morgan fingerprint density at radius 2 is 1.76 bits per heavy atom. The number of carbonyl (C=O) groups excluding carboxylic acids is 2. The molecule has 1 N–H and O–H groups in total. The van der Waals surface area contributed by atoms with Crippen LogP contribution in [-0.2, 0) is 15.0 Å². The average molecular weight is 471 g/mol. The van der Waals surface area contributed by atoms with E-state index in [4.69, 9.17) is 16.3 Å². The second-order valence-electron chi connectivity index (χ2n) is 9.51. The molecular weight excluding hydrogens is 440 g/mol. The van der Waals surface area contributed by atoms with Crippen molar-refractivity contribution in [3.05, 3.63) is 69.8 Å². The molecule has 6 nitrogen and oxygen atoms in total. The zero-order valence-corrected chi connectivity index (χ0v) is 20.7. The first-order valence-electron chi connectivity index (χ1n) is 10.8. The molecule has 1 aliphatic rings. The zero-order valence-electron chi connectivity index (χ0n) is 20.0. The Morgan fingerprint density at radius 1 is 1.12 bits per heavy atom. The third-order valence-corrected chi connectivity index (χ3v) is 6.05. The molecule has 3 rings (SSSR count). The molecule has 7 heteroatoms. The number of methoxy groups -OCH3 is 1. The molecule has 176 valence electrons. The van der Waals surface area contributed by atoms with Gasteiger partial charge in [0.05, 0.1) is 18.7 Å². The van der Waals surface area contributed by atoms with Crippen molar-refractivity contribution in [1.29, 1.82) is 0 Å². The lowest BCUT2D eigenvalue weighted by atomic mass is 9.84. The molecular formula is C26H31ClN2O4. The number of carbonyl (C=O) groups is 2. The quantitative estimate of drug-likeness (QED) is 0.378. The van der Waals surface area contributed by atoms with Gasteiger partial charge in [0.2, 0.25) is 0 Å². The largest absolute Gasteiger partial charge is 0.507 e. The van der Waals surface area contributed by atoms with E-state index < -0.39 is 17.7 Å². The van der Waals surface area contributed by atoms with Gasteiger partial charge in [-0.15, -0.1) is 0 Å². The summed E-state index contributed by atoms with van der Waals surface area (Å²) >= 11 is 6.07. The van der Waals surface area contributed by atoms with E-state index in [0.717, 1.165) is 5.56 Å². The Kier molecular flexibility index (Phi) is 7.20. The topological polar surface area (TPSA) is 70.1 Å². The first-order valence-corrected chi connectivity index (χ1v) is 11.2. The standard InChI is InChI=1S/C26H31ClN2O4/c1-26(2,3)19-15-17(9-12-20(19)33-6)23(30)21-22(16-7-10-18(27)11-8-16)29(14-13-28(4)5)25(32)24(21)31/h7-12,15,22,30H,13-14H2,1-6H3/b23-21-. The van der Waals surface area contributed by atoms with Crippen molar-refractivity contribution in [3.8, 4) is 5.75 Å². The number of likely N-dealkylation sites (N-methyl/N-ethyl adjacent to an activating group) is 1. The molecule has 2 aromatic rings. The van der Waals surface area contributed by atoms with Gasteiger partial charge < -0.3 is 19.6 Å². The number of hydrogen-bond acceptors (Lipinski definition) is 5. The summed E-state index contributed by atoms with van der Waals surface area (Å²) in [6, 6.07) is 11.6. The summed E-state index contributed by atoms with van der Waals surface area (Å²) in [7, 11) is 5.40. The lowest BCUT2D eigenvalue weighted by Crippen LogP contribution is -2.35. The highest BCUT2D eigenvalue weighted by Crippen LogP contribution is 2.41. The van der Waals surface area contributed by atoms with Gasteiger partial charge in [-0.3, -0.25) is 9.59 Å². The summed E-state index contributed by atoms with van der Waals surface area (Å²) in [5.41, 5.74) is 1.88. The molecule has 1 atom stereocenters. The van der Waals surface area contributed by atoms with Crippen molar-refractivity contribution in [3.63, 3.8) is 0 Å². The predicted molar refractivity (Wildman–Crippen MR) is 131 cm³/mol. The Bertz CT molecular complexity index is 1080. The maximum Gasteiger partial charge on any atom is 0.295 e. The van der Waals surface area contributed by atoms with Crippen molar-refractivity contribution in [1.82, 2.24) is 9.80 Å². The Balaban J connectivity index is 2.19. The Morgan fingerprint density at radius 3 is 2.30 bits per heavy atom. The van der Waals surface area contributed by atoms with Crippen LogP contribution >= 0.6 is 11.6 Å². The Labute approximate surface area is 200 Å². The minimum Gasteiger partial charge on any atom is -0.507 e. The van der Waals surface area contributed by atoms with E-state index in [2.05, 4.69) is 0 Å². The van der Waals surface area contributed by atoms with Gasteiger partial charge in [-0.25, -0.2) is 0 Å². The van der Waals surface area contributed by atoms with Crippen LogP contribution in [0.5, 0.6) is 5.75 Å². The van der Waals surface area contributed by atoms with Crippen LogP contribution < -0.4 is 4.74 Å². The number of ether oxygens (including phenoxy) is 1. The highest BCUT2D eigenvalue weighted by Gasteiger charge is 2.46. The second-order valence-corrected chi connectivity index (χ2v) is 9.95. The molecule has 2 aromatic carbocycles. The number of rotatable bonds is 6. The minimum absolute atomic E-state index is 0.0751. The predicted octanol–water partition coefficient (Wildman–Crippen LogP) is 4.63. The lowest BCUT2D eigenvalue weighted by molar-refractivity contribution is -0.140. The van der Waals surface area contributed by atoms with Crippen molar-refractivity contribution in [2.24, 2.45) is 0 Å². The van der Waals surface area contributed by atoms with Crippen LogP contribution in [0.2, 0.25) is 5.02 Å². The van der Waals surface area contributed by atoms with Crippen molar-refractivity contribution in [2.45, 2.75) is 32.2 Å². The monoisotopic (exact) mass is 470 g/mol. The fourth-order valence-corrected chi connectivity index (χ4v) is 4.13. The molecule has 0 radical (unpaired) electrons. The number of aliphatic hydroxyl groups excluding tert-OH is 1. The van der Waals surface area contributed by atoms with Gasteiger partial charge in [0, 0.05) is 29.2 Å². The average Bonchev–Trinajstić information content (AvgIpc) is 3.01. The summed E-state index contributed by atoms with van der Waals surface area (Å²) in [5.74, 6) is -0.823. The second kappa shape index (κ2) is 9.57. The van der Waals surface area contributed by atoms with Gasteiger partial charge in [0.15, 0.2) is 0 Å². The van der Waals surface area contributed by atoms with E-state index in [1.165, 1.54) is 4.90 Å². The molecule has 1 heterocycles. The summed E-state index contributed by atoms with van der Waals surface area (Å²) in [5, 5.41) is 11.9. The van der Waals surface area contributed by atoms with Crippen LogP contribution in [0.4, 0.5) is 0 Å². The number of benzene rings is 2. The van der Waals surface area contributed by atoms with Gasteiger partial charge in [0.25, 0.3) is 11.7 Å². The van der Waals surface area contributed by atoms with Gasteiger partial charge in [-0.1, -0.05) is 44.5 Å². The molecule has 0 bridgehead atoms. The normalized spacial score (nSPS) is 18.3. The van der Waals surface area contributed by atoms with E-state index >= 15 is 0 Å². The van der Waals surface area contributed by atoms with Crippen LogP contribution in [-0.4, -0.2) is 60.9 Å². The van der Waals surface area contributed by atoms with Crippen molar-refractivity contribution in [2.75, 3.05) is 34.3 Å². The van der Waals surface area contributed by atoms with Gasteiger partial charge in [-0.05, 0) is 55.4 Å². The number of Topliss-reactive ketones (excluding diaryl/α,β-unsaturated/α-hetero) is 1. The van der Waals surface area contributed by atoms with Gasteiger partial charge in [-0.2, -0.15) is 0 Å². The maximum absolute atomic E-state index is 13.2.